The van der Waals surface area contributed by atoms with Crippen molar-refractivity contribution in [3.63, 3.8) is 0 Å². The fourth-order valence-corrected chi connectivity index (χ4v) is 3.55. The summed E-state index contributed by atoms with van der Waals surface area (Å²) in [5.74, 6) is 1.23. The summed E-state index contributed by atoms with van der Waals surface area (Å²) < 4.78 is 43.7. The van der Waals surface area contributed by atoms with E-state index in [1.54, 1.807) is 11.9 Å². The average molecular weight is 422 g/mol. The number of hydrogen-bond acceptors (Lipinski definition) is 7. The third-order valence-corrected chi connectivity index (χ3v) is 5.18. The van der Waals surface area contributed by atoms with Crippen LogP contribution < -0.4 is 20.3 Å². The zero-order chi connectivity index (χ0) is 21.5. The number of nitrogens with zero attached hydrogens (tertiary/aromatic N) is 4. The van der Waals surface area contributed by atoms with Crippen LogP contribution in [-0.2, 0) is 11.0 Å². The lowest BCUT2D eigenvalue weighted by molar-refractivity contribution is -0.137. The van der Waals surface area contributed by atoms with Gasteiger partial charge in [0.2, 0.25) is 17.7 Å². The summed E-state index contributed by atoms with van der Waals surface area (Å²) in [5, 5.41) is 6.07. The number of nitrogens with one attached hydrogen (secondary N) is 2. The molecule has 0 spiro atoms. The Labute approximate surface area is 170 Å². The van der Waals surface area contributed by atoms with Crippen LogP contribution in [0, 0.1) is 12.8 Å². The molecule has 1 aliphatic heterocycles. The second-order valence-corrected chi connectivity index (χ2v) is 7.61. The summed E-state index contributed by atoms with van der Waals surface area (Å²) in [5.41, 5.74) is 0.520. The minimum absolute atomic E-state index is 0.0278. The number of alkyl halides is 3. The van der Waals surface area contributed by atoms with E-state index in [-0.39, 0.29) is 30.3 Å². The van der Waals surface area contributed by atoms with E-state index in [1.165, 1.54) is 0 Å². The summed E-state index contributed by atoms with van der Waals surface area (Å²) in [4.78, 5) is 26.2. The third-order valence-electron chi connectivity index (χ3n) is 5.18. The van der Waals surface area contributed by atoms with Crippen molar-refractivity contribution in [1.29, 1.82) is 0 Å². The van der Waals surface area contributed by atoms with Crippen LogP contribution in [-0.4, -0.2) is 47.1 Å². The van der Waals surface area contributed by atoms with Crippen LogP contribution in [0.4, 0.5) is 30.6 Å². The lowest BCUT2D eigenvalue weighted by Crippen LogP contribution is -2.40. The first-order chi connectivity index (χ1) is 14.2. The number of ether oxygens (including phenoxy) is 1. The van der Waals surface area contributed by atoms with Gasteiger partial charge in [-0.15, -0.1) is 0 Å². The molecule has 0 saturated heterocycles. The lowest BCUT2D eigenvalue weighted by atomic mass is 9.81. The molecule has 0 unspecified atom stereocenters. The maximum absolute atomic E-state index is 12.8. The van der Waals surface area contributed by atoms with Crippen molar-refractivity contribution in [3.8, 4) is 5.88 Å². The first kappa shape index (κ1) is 20.2. The molecule has 2 aromatic rings. The second-order valence-electron chi connectivity index (χ2n) is 7.61. The largest absolute Gasteiger partial charge is 0.477 e. The van der Waals surface area contributed by atoms with Gasteiger partial charge in [0.1, 0.15) is 5.69 Å². The van der Waals surface area contributed by atoms with Gasteiger partial charge in [-0.2, -0.15) is 18.2 Å². The number of carbonyl (C=O) groups excluding carboxylic acids is 1. The molecule has 1 saturated carbocycles. The van der Waals surface area contributed by atoms with E-state index in [4.69, 9.17) is 4.74 Å². The van der Waals surface area contributed by atoms with Crippen molar-refractivity contribution in [2.24, 2.45) is 5.92 Å². The predicted octanol–water partition coefficient (Wildman–Crippen LogP) is 2.86. The maximum atomic E-state index is 12.8. The van der Waals surface area contributed by atoms with Crippen molar-refractivity contribution in [2.45, 2.75) is 32.0 Å². The summed E-state index contributed by atoms with van der Waals surface area (Å²) in [6.45, 7) is 2.34. The standard InChI is InChI=1S/C19H21F3N6O2/c1-10-16-17(28(2)8-14(29)26-16)27-18(24-10)25-13-5-11(6-13)9-30-15-7-12(3-4-23-15)19(20,21)22/h3-4,7,11,13H,5-6,8-9H2,1-2H3,(H,26,29)(H,24,25,27)/t11-,13+. The average Bonchev–Trinajstić information content (AvgIpc) is 2.64. The number of aromatic nitrogens is 3. The van der Waals surface area contributed by atoms with Gasteiger partial charge >= 0.3 is 6.18 Å². The molecule has 30 heavy (non-hydrogen) atoms. The molecular formula is C19H21F3N6O2. The normalized spacial score (nSPS) is 20.8. The van der Waals surface area contributed by atoms with Crippen molar-refractivity contribution < 1.29 is 22.7 Å². The van der Waals surface area contributed by atoms with Gasteiger partial charge in [0.05, 0.1) is 24.4 Å². The number of carbonyl (C=O) groups is 1. The number of anilines is 3. The maximum Gasteiger partial charge on any atom is 0.416 e. The quantitative estimate of drug-likeness (QED) is 0.766. The Bertz CT molecular complexity index is 962. The highest BCUT2D eigenvalue weighted by molar-refractivity contribution is 6.00. The molecule has 2 aromatic heterocycles. The van der Waals surface area contributed by atoms with Gasteiger partial charge in [-0.1, -0.05) is 0 Å². The van der Waals surface area contributed by atoms with Crippen molar-refractivity contribution in [1.82, 2.24) is 15.0 Å². The zero-order valence-electron chi connectivity index (χ0n) is 16.5. The van der Waals surface area contributed by atoms with Crippen LogP contribution in [0.15, 0.2) is 18.3 Å². The van der Waals surface area contributed by atoms with Crippen molar-refractivity contribution in [2.75, 3.05) is 35.7 Å². The first-order valence-corrected chi connectivity index (χ1v) is 9.51. The highest BCUT2D eigenvalue weighted by Crippen LogP contribution is 2.34. The van der Waals surface area contributed by atoms with Crippen LogP contribution in [0.1, 0.15) is 24.1 Å². The Morgan fingerprint density at radius 1 is 1.33 bits per heavy atom. The van der Waals surface area contributed by atoms with Gasteiger partial charge in [0, 0.05) is 25.4 Å². The summed E-state index contributed by atoms with van der Waals surface area (Å²) >= 11 is 0. The summed E-state index contributed by atoms with van der Waals surface area (Å²) in [7, 11) is 1.80. The highest BCUT2D eigenvalue weighted by atomic mass is 19.4. The molecule has 1 fully saturated rings. The number of fused-ring (bicyclic) bond motifs is 1. The predicted molar refractivity (Wildman–Crippen MR) is 104 cm³/mol. The molecular weight excluding hydrogens is 401 g/mol. The summed E-state index contributed by atoms with van der Waals surface area (Å²) in [6.07, 6.45) is -1.76. The van der Waals surface area contributed by atoms with Gasteiger partial charge in [-0.05, 0) is 31.7 Å². The number of hydrogen-bond donors (Lipinski definition) is 2. The molecule has 2 aliphatic rings. The number of halogens is 3. The topological polar surface area (TPSA) is 92.3 Å². The SMILES string of the molecule is Cc1nc(N[C@H]2C[C@@H](COc3cc(C(F)(F)F)ccn3)C2)nc2c1NC(=O)CN2C. The highest BCUT2D eigenvalue weighted by Gasteiger charge is 2.33. The second kappa shape index (κ2) is 7.62. The molecule has 8 nitrogen and oxygen atoms in total. The van der Waals surface area contributed by atoms with E-state index < -0.39 is 11.7 Å². The molecule has 0 aromatic carbocycles. The van der Waals surface area contributed by atoms with Crippen molar-refractivity contribution in [3.05, 3.63) is 29.6 Å². The van der Waals surface area contributed by atoms with E-state index in [1.807, 2.05) is 6.92 Å². The summed E-state index contributed by atoms with van der Waals surface area (Å²) in [6, 6.07) is 1.97. The van der Waals surface area contributed by atoms with Gasteiger partial charge < -0.3 is 20.3 Å². The fraction of sp³-hybridized carbons (Fsp3) is 0.474. The number of pyridine rings is 1. The van der Waals surface area contributed by atoms with Gasteiger partial charge in [0.15, 0.2) is 5.82 Å². The molecule has 2 N–H and O–H groups in total. The van der Waals surface area contributed by atoms with Crippen LogP contribution in [0.5, 0.6) is 5.88 Å². The molecule has 4 rings (SSSR count). The van der Waals surface area contributed by atoms with E-state index >= 15 is 0 Å². The van der Waals surface area contributed by atoms with Gasteiger partial charge in [0.25, 0.3) is 0 Å². The molecule has 0 bridgehead atoms. The molecule has 160 valence electrons. The number of amides is 1. The Kier molecular flexibility index (Phi) is 5.12. The Morgan fingerprint density at radius 2 is 2.10 bits per heavy atom. The molecule has 1 amide bonds. The Morgan fingerprint density at radius 3 is 2.83 bits per heavy atom. The smallest absolute Gasteiger partial charge is 0.416 e. The van der Waals surface area contributed by atoms with Crippen LogP contribution >= 0.6 is 0 Å². The Balaban J connectivity index is 1.30. The minimum atomic E-state index is -4.42. The fourth-order valence-electron chi connectivity index (χ4n) is 3.55. The minimum Gasteiger partial charge on any atom is -0.477 e. The molecule has 0 atom stereocenters. The number of likely N-dealkylation sites (N-methyl/N-ethyl adjacent to an activating group) is 1. The van der Waals surface area contributed by atoms with Gasteiger partial charge in [-0.25, -0.2) is 9.97 Å². The van der Waals surface area contributed by atoms with E-state index in [9.17, 15) is 18.0 Å². The molecule has 0 radical (unpaired) electrons. The molecule has 3 heterocycles. The van der Waals surface area contributed by atoms with E-state index in [2.05, 4.69) is 25.6 Å². The lowest BCUT2D eigenvalue weighted by Gasteiger charge is -2.36. The molecule has 1 aliphatic carbocycles. The van der Waals surface area contributed by atoms with Crippen LogP contribution in [0.2, 0.25) is 0 Å². The van der Waals surface area contributed by atoms with E-state index in [0.29, 0.717) is 29.8 Å². The number of aryl methyl sites for hydroxylation is 1. The molecule has 11 heteroatoms. The van der Waals surface area contributed by atoms with E-state index in [0.717, 1.165) is 31.2 Å². The number of rotatable bonds is 5. The van der Waals surface area contributed by atoms with Crippen LogP contribution in [0.25, 0.3) is 0 Å². The Hall–Kier alpha value is -3.11. The first-order valence-electron chi connectivity index (χ1n) is 9.51. The zero-order valence-corrected chi connectivity index (χ0v) is 16.5. The van der Waals surface area contributed by atoms with Crippen molar-refractivity contribution >= 4 is 23.4 Å². The third kappa shape index (κ3) is 4.24. The monoisotopic (exact) mass is 422 g/mol. The van der Waals surface area contributed by atoms with Gasteiger partial charge in [-0.3, -0.25) is 4.79 Å². The van der Waals surface area contributed by atoms with Crippen LogP contribution in [0.3, 0.4) is 0 Å².